The Morgan fingerprint density at radius 3 is 2.70 bits per heavy atom. The Morgan fingerprint density at radius 1 is 1.60 bits per heavy atom. The standard InChI is InChI=1S/C7H12O3/c1-3-4-7(5-8)10-6-9-2/h4-5H,3,6H2,1-2H3. The van der Waals surface area contributed by atoms with Gasteiger partial charge in [-0.05, 0) is 12.5 Å². The number of allylic oxidation sites excluding steroid dienone is 2. The molecule has 10 heavy (non-hydrogen) atoms. The second-order valence-corrected chi connectivity index (χ2v) is 1.68. The zero-order chi connectivity index (χ0) is 7.82. The van der Waals surface area contributed by atoms with Crippen molar-refractivity contribution < 1.29 is 14.3 Å². The van der Waals surface area contributed by atoms with E-state index < -0.39 is 0 Å². The van der Waals surface area contributed by atoms with Crippen LogP contribution >= 0.6 is 0 Å². The highest BCUT2D eigenvalue weighted by Gasteiger charge is 1.91. The van der Waals surface area contributed by atoms with Crippen LogP contribution in [-0.2, 0) is 14.3 Å². The first-order valence-electron chi connectivity index (χ1n) is 3.12. The molecule has 0 heterocycles. The summed E-state index contributed by atoms with van der Waals surface area (Å²) in [6.07, 6.45) is 3.16. The first-order chi connectivity index (χ1) is 4.85. The molecule has 0 radical (unpaired) electrons. The minimum atomic E-state index is 0.130. The normalized spacial score (nSPS) is 11.2. The molecule has 0 aliphatic carbocycles. The van der Waals surface area contributed by atoms with E-state index in [1.165, 1.54) is 7.11 Å². The van der Waals surface area contributed by atoms with E-state index in [1.54, 1.807) is 6.08 Å². The van der Waals surface area contributed by atoms with Crippen LogP contribution in [0.25, 0.3) is 0 Å². The maximum absolute atomic E-state index is 10.2. The van der Waals surface area contributed by atoms with E-state index in [0.717, 1.165) is 6.42 Å². The molecule has 0 bridgehead atoms. The average Bonchev–Trinajstić information content (AvgIpc) is 1.98. The molecular weight excluding hydrogens is 132 g/mol. The molecule has 0 amide bonds. The van der Waals surface area contributed by atoms with Gasteiger partial charge in [-0.25, -0.2) is 0 Å². The summed E-state index contributed by atoms with van der Waals surface area (Å²) in [5.74, 6) is 0.337. The van der Waals surface area contributed by atoms with Crippen molar-refractivity contribution >= 4 is 6.29 Å². The highest BCUT2D eigenvalue weighted by molar-refractivity contribution is 5.69. The predicted molar refractivity (Wildman–Crippen MR) is 37.4 cm³/mol. The Hall–Kier alpha value is -0.830. The van der Waals surface area contributed by atoms with Gasteiger partial charge in [-0.2, -0.15) is 0 Å². The summed E-state index contributed by atoms with van der Waals surface area (Å²) in [4.78, 5) is 10.2. The molecule has 0 aliphatic heterocycles. The lowest BCUT2D eigenvalue weighted by molar-refractivity contribution is -0.110. The highest BCUT2D eigenvalue weighted by atomic mass is 16.7. The van der Waals surface area contributed by atoms with Gasteiger partial charge in [-0.3, -0.25) is 4.79 Å². The van der Waals surface area contributed by atoms with Crippen molar-refractivity contribution in [2.24, 2.45) is 0 Å². The fourth-order valence-electron chi connectivity index (χ4n) is 0.469. The third-order valence-corrected chi connectivity index (χ3v) is 0.865. The number of ether oxygens (including phenoxy) is 2. The Bertz CT molecular complexity index is 118. The van der Waals surface area contributed by atoms with Crippen molar-refractivity contribution in [2.75, 3.05) is 13.9 Å². The van der Waals surface area contributed by atoms with Gasteiger partial charge in [0.05, 0.1) is 0 Å². The Morgan fingerprint density at radius 2 is 2.30 bits per heavy atom. The molecular formula is C7H12O3. The molecule has 0 N–H and O–H groups in total. The SMILES string of the molecule is CCC=C(C=O)OCOC. The average molecular weight is 144 g/mol. The van der Waals surface area contributed by atoms with Crippen molar-refractivity contribution in [3.63, 3.8) is 0 Å². The quantitative estimate of drug-likeness (QED) is 0.251. The summed E-state index contributed by atoms with van der Waals surface area (Å²) in [7, 11) is 1.51. The maximum Gasteiger partial charge on any atom is 0.188 e. The maximum atomic E-state index is 10.2. The van der Waals surface area contributed by atoms with Crippen LogP contribution in [0.5, 0.6) is 0 Å². The van der Waals surface area contributed by atoms with Gasteiger partial charge in [0.25, 0.3) is 0 Å². The fraction of sp³-hybridized carbons (Fsp3) is 0.571. The smallest absolute Gasteiger partial charge is 0.188 e. The first kappa shape index (κ1) is 9.17. The van der Waals surface area contributed by atoms with Gasteiger partial charge in [0.2, 0.25) is 0 Å². The van der Waals surface area contributed by atoms with Gasteiger partial charge in [-0.1, -0.05) is 6.92 Å². The molecule has 0 rings (SSSR count). The van der Waals surface area contributed by atoms with Crippen molar-refractivity contribution in [3.8, 4) is 0 Å². The lowest BCUT2D eigenvalue weighted by Gasteiger charge is -2.01. The molecule has 0 saturated carbocycles. The second kappa shape index (κ2) is 6.29. The Kier molecular flexibility index (Phi) is 5.77. The van der Waals surface area contributed by atoms with Crippen molar-refractivity contribution in [1.82, 2.24) is 0 Å². The van der Waals surface area contributed by atoms with Crippen LogP contribution in [0, 0.1) is 0 Å². The zero-order valence-electron chi connectivity index (χ0n) is 6.29. The molecule has 58 valence electrons. The number of aldehydes is 1. The number of hydrogen-bond donors (Lipinski definition) is 0. The Labute approximate surface area is 60.6 Å². The molecule has 0 aromatic rings. The van der Waals surface area contributed by atoms with E-state index in [9.17, 15) is 4.79 Å². The third kappa shape index (κ3) is 4.09. The van der Waals surface area contributed by atoms with Crippen LogP contribution in [0.1, 0.15) is 13.3 Å². The molecule has 0 aliphatic rings. The van der Waals surface area contributed by atoms with E-state index in [1.807, 2.05) is 6.92 Å². The van der Waals surface area contributed by atoms with Crippen molar-refractivity contribution in [1.29, 1.82) is 0 Å². The summed E-state index contributed by atoms with van der Waals surface area (Å²) in [5.41, 5.74) is 0. The monoisotopic (exact) mass is 144 g/mol. The molecule has 3 nitrogen and oxygen atoms in total. The van der Waals surface area contributed by atoms with Crippen LogP contribution in [0.4, 0.5) is 0 Å². The first-order valence-corrected chi connectivity index (χ1v) is 3.12. The van der Waals surface area contributed by atoms with E-state index in [0.29, 0.717) is 12.0 Å². The minimum absolute atomic E-state index is 0.130. The van der Waals surface area contributed by atoms with Crippen LogP contribution in [0.15, 0.2) is 11.8 Å². The summed E-state index contributed by atoms with van der Waals surface area (Å²) >= 11 is 0. The van der Waals surface area contributed by atoms with Gasteiger partial charge in [0.1, 0.15) is 0 Å². The number of carbonyl (C=O) groups is 1. The summed E-state index contributed by atoms with van der Waals surface area (Å²) in [6, 6.07) is 0. The van der Waals surface area contributed by atoms with E-state index in [4.69, 9.17) is 4.74 Å². The van der Waals surface area contributed by atoms with Crippen LogP contribution in [0.2, 0.25) is 0 Å². The molecule has 0 aromatic heterocycles. The predicted octanol–water partition coefficient (Wildman–Crippen LogP) is 1.10. The lowest BCUT2D eigenvalue weighted by Crippen LogP contribution is -1.97. The topological polar surface area (TPSA) is 35.5 Å². The molecule has 0 spiro atoms. The lowest BCUT2D eigenvalue weighted by atomic mass is 10.4. The van der Waals surface area contributed by atoms with Crippen LogP contribution in [-0.4, -0.2) is 20.2 Å². The second-order valence-electron chi connectivity index (χ2n) is 1.68. The van der Waals surface area contributed by atoms with Gasteiger partial charge < -0.3 is 9.47 Å². The molecule has 0 fully saturated rings. The highest BCUT2D eigenvalue weighted by Crippen LogP contribution is 1.94. The number of carbonyl (C=O) groups excluding carboxylic acids is 1. The van der Waals surface area contributed by atoms with Gasteiger partial charge in [-0.15, -0.1) is 0 Å². The van der Waals surface area contributed by atoms with Gasteiger partial charge in [0.15, 0.2) is 18.8 Å². The molecule has 3 heteroatoms. The number of hydrogen-bond acceptors (Lipinski definition) is 3. The van der Waals surface area contributed by atoms with Crippen LogP contribution < -0.4 is 0 Å². The summed E-state index contributed by atoms with van der Waals surface area (Å²) in [5, 5.41) is 0. The molecule has 0 unspecified atom stereocenters. The fourth-order valence-corrected chi connectivity index (χ4v) is 0.469. The zero-order valence-corrected chi connectivity index (χ0v) is 6.29. The van der Waals surface area contributed by atoms with Gasteiger partial charge >= 0.3 is 0 Å². The van der Waals surface area contributed by atoms with E-state index >= 15 is 0 Å². The van der Waals surface area contributed by atoms with E-state index in [2.05, 4.69) is 4.74 Å². The van der Waals surface area contributed by atoms with Gasteiger partial charge in [0, 0.05) is 7.11 Å². The summed E-state index contributed by atoms with van der Waals surface area (Å²) in [6.45, 7) is 2.06. The number of methoxy groups -OCH3 is 1. The largest absolute Gasteiger partial charge is 0.464 e. The van der Waals surface area contributed by atoms with Crippen LogP contribution in [0.3, 0.4) is 0 Å². The van der Waals surface area contributed by atoms with E-state index in [-0.39, 0.29) is 6.79 Å². The van der Waals surface area contributed by atoms with Crippen molar-refractivity contribution in [3.05, 3.63) is 11.8 Å². The molecule has 0 aromatic carbocycles. The summed E-state index contributed by atoms with van der Waals surface area (Å²) < 4.78 is 9.45. The molecule has 0 saturated heterocycles. The Balaban J connectivity index is 3.60. The number of rotatable bonds is 5. The molecule has 0 atom stereocenters. The third-order valence-electron chi connectivity index (χ3n) is 0.865. The minimum Gasteiger partial charge on any atom is -0.464 e. The van der Waals surface area contributed by atoms with Crippen molar-refractivity contribution in [2.45, 2.75) is 13.3 Å².